The maximum absolute atomic E-state index is 12.3. The Bertz CT molecular complexity index is 571. The summed E-state index contributed by atoms with van der Waals surface area (Å²) in [7, 11) is 1.51. The number of hydrogen-bond donors (Lipinski definition) is 3. The molecule has 1 aliphatic carbocycles. The van der Waals surface area contributed by atoms with Crippen LogP contribution in [0.5, 0.6) is 0 Å². The molecule has 1 aromatic rings. The fourth-order valence-corrected chi connectivity index (χ4v) is 2.72. The Labute approximate surface area is 122 Å². The lowest BCUT2D eigenvalue weighted by molar-refractivity contribution is -0.145. The van der Waals surface area contributed by atoms with Crippen molar-refractivity contribution in [2.75, 3.05) is 12.4 Å². The zero-order valence-electron chi connectivity index (χ0n) is 11.8. The summed E-state index contributed by atoms with van der Waals surface area (Å²) < 4.78 is 0. The third-order valence-electron chi connectivity index (χ3n) is 3.83. The first-order chi connectivity index (χ1) is 10.0. The zero-order valence-corrected chi connectivity index (χ0v) is 11.8. The molecule has 0 aliphatic heterocycles. The molecule has 2 atom stereocenters. The van der Waals surface area contributed by atoms with Gasteiger partial charge < -0.3 is 15.7 Å². The van der Waals surface area contributed by atoms with Gasteiger partial charge in [0.2, 0.25) is 5.91 Å². The van der Waals surface area contributed by atoms with Crippen LogP contribution in [0.25, 0.3) is 0 Å². The van der Waals surface area contributed by atoms with Gasteiger partial charge in [0.1, 0.15) is 0 Å². The SMILES string of the molecule is CNC(=O)c1ccccc1NC(=O)C1CCCC1C(=O)O. The number of carboxylic acids is 1. The highest BCUT2D eigenvalue weighted by Gasteiger charge is 2.37. The topological polar surface area (TPSA) is 95.5 Å². The van der Waals surface area contributed by atoms with E-state index in [1.54, 1.807) is 24.3 Å². The monoisotopic (exact) mass is 290 g/mol. The average Bonchev–Trinajstić information content (AvgIpc) is 2.96. The summed E-state index contributed by atoms with van der Waals surface area (Å²) in [5.41, 5.74) is 0.760. The number of rotatable bonds is 4. The van der Waals surface area contributed by atoms with Crippen molar-refractivity contribution in [3.8, 4) is 0 Å². The predicted octanol–water partition coefficient (Wildman–Crippen LogP) is 1.49. The van der Waals surface area contributed by atoms with Crippen LogP contribution in [0.15, 0.2) is 24.3 Å². The molecular formula is C15H18N2O4. The van der Waals surface area contributed by atoms with Gasteiger partial charge in [-0.05, 0) is 25.0 Å². The molecule has 0 spiro atoms. The van der Waals surface area contributed by atoms with E-state index in [0.717, 1.165) is 6.42 Å². The van der Waals surface area contributed by atoms with Crippen LogP contribution in [0.2, 0.25) is 0 Å². The molecule has 0 saturated heterocycles. The molecule has 21 heavy (non-hydrogen) atoms. The molecule has 0 radical (unpaired) electrons. The van der Waals surface area contributed by atoms with Crippen LogP contribution < -0.4 is 10.6 Å². The van der Waals surface area contributed by atoms with E-state index in [2.05, 4.69) is 10.6 Å². The lowest BCUT2D eigenvalue weighted by Gasteiger charge is -2.17. The number of hydrogen-bond acceptors (Lipinski definition) is 3. The largest absolute Gasteiger partial charge is 0.481 e. The third kappa shape index (κ3) is 3.21. The highest BCUT2D eigenvalue weighted by Crippen LogP contribution is 2.33. The van der Waals surface area contributed by atoms with E-state index in [9.17, 15) is 14.4 Å². The van der Waals surface area contributed by atoms with Crippen molar-refractivity contribution in [2.24, 2.45) is 11.8 Å². The smallest absolute Gasteiger partial charge is 0.307 e. The molecule has 6 heteroatoms. The Morgan fingerprint density at radius 3 is 2.48 bits per heavy atom. The van der Waals surface area contributed by atoms with Crippen molar-refractivity contribution in [2.45, 2.75) is 19.3 Å². The minimum atomic E-state index is -0.938. The van der Waals surface area contributed by atoms with Gasteiger partial charge in [-0.2, -0.15) is 0 Å². The van der Waals surface area contributed by atoms with E-state index >= 15 is 0 Å². The molecule has 112 valence electrons. The van der Waals surface area contributed by atoms with Crippen molar-refractivity contribution in [1.29, 1.82) is 0 Å². The summed E-state index contributed by atoms with van der Waals surface area (Å²) in [5, 5.41) is 14.3. The lowest BCUT2D eigenvalue weighted by Crippen LogP contribution is -2.31. The van der Waals surface area contributed by atoms with Gasteiger partial charge in [0.15, 0.2) is 0 Å². The van der Waals surface area contributed by atoms with Crippen molar-refractivity contribution in [3.63, 3.8) is 0 Å². The number of carbonyl (C=O) groups is 3. The molecule has 0 heterocycles. The van der Waals surface area contributed by atoms with Crippen molar-refractivity contribution in [1.82, 2.24) is 5.32 Å². The molecule has 1 aromatic carbocycles. The highest BCUT2D eigenvalue weighted by atomic mass is 16.4. The minimum absolute atomic E-state index is 0.299. The van der Waals surface area contributed by atoms with Gasteiger partial charge in [-0.15, -0.1) is 0 Å². The fraction of sp³-hybridized carbons (Fsp3) is 0.400. The molecule has 2 amide bonds. The molecule has 1 fully saturated rings. The van der Waals surface area contributed by atoms with Crippen LogP contribution in [0.3, 0.4) is 0 Å². The quantitative estimate of drug-likeness (QED) is 0.782. The number of amides is 2. The second-order valence-corrected chi connectivity index (χ2v) is 5.10. The Kier molecular flexibility index (Phi) is 4.57. The van der Waals surface area contributed by atoms with Gasteiger partial charge in [0.25, 0.3) is 5.91 Å². The Balaban J connectivity index is 2.17. The highest BCUT2D eigenvalue weighted by molar-refractivity contribution is 6.04. The standard InChI is InChI=1S/C15H18N2O4/c1-16-13(18)11-5-2-3-8-12(11)17-14(19)9-6-4-7-10(9)15(20)21/h2-3,5,8-10H,4,6-7H2,1H3,(H,16,18)(H,17,19)(H,20,21). The van der Waals surface area contributed by atoms with E-state index in [1.807, 2.05) is 0 Å². The normalized spacial score (nSPS) is 20.8. The predicted molar refractivity (Wildman–Crippen MR) is 76.9 cm³/mol. The molecule has 2 rings (SSSR count). The molecule has 6 nitrogen and oxygen atoms in total. The number of anilines is 1. The van der Waals surface area contributed by atoms with Crippen LogP contribution in [-0.4, -0.2) is 29.9 Å². The third-order valence-corrected chi connectivity index (χ3v) is 3.83. The van der Waals surface area contributed by atoms with Crippen LogP contribution in [0, 0.1) is 11.8 Å². The summed E-state index contributed by atoms with van der Waals surface area (Å²) in [6.07, 6.45) is 1.81. The summed E-state index contributed by atoms with van der Waals surface area (Å²) in [6, 6.07) is 6.66. The summed E-state index contributed by atoms with van der Waals surface area (Å²) in [4.78, 5) is 35.2. The molecule has 1 saturated carbocycles. The van der Waals surface area contributed by atoms with Gasteiger partial charge in [0, 0.05) is 7.05 Å². The second-order valence-electron chi connectivity index (χ2n) is 5.10. The number of nitrogens with one attached hydrogen (secondary N) is 2. The van der Waals surface area contributed by atoms with Crippen LogP contribution in [0.1, 0.15) is 29.6 Å². The Morgan fingerprint density at radius 1 is 1.14 bits per heavy atom. The van der Waals surface area contributed by atoms with Gasteiger partial charge in [0.05, 0.1) is 23.1 Å². The minimum Gasteiger partial charge on any atom is -0.481 e. The maximum atomic E-state index is 12.3. The van der Waals surface area contributed by atoms with Crippen molar-refractivity contribution >= 4 is 23.5 Å². The zero-order chi connectivity index (χ0) is 15.4. The lowest BCUT2D eigenvalue weighted by atomic mass is 9.95. The van der Waals surface area contributed by atoms with Gasteiger partial charge in [-0.25, -0.2) is 0 Å². The first-order valence-corrected chi connectivity index (χ1v) is 6.89. The van der Waals surface area contributed by atoms with E-state index in [0.29, 0.717) is 24.1 Å². The van der Waals surface area contributed by atoms with Crippen LogP contribution in [-0.2, 0) is 9.59 Å². The summed E-state index contributed by atoms with van der Waals surface area (Å²) in [5.74, 6) is -2.76. The van der Waals surface area contributed by atoms with Gasteiger partial charge >= 0.3 is 5.97 Å². The van der Waals surface area contributed by atoms with E-state index < -0.39 is 17.8 Å². The van der Waals surface area contributed by atoms with E-state index in [4.69, 9.17) is 5.11 Å². The number of aliphatic carboxylic acids is 1. The average molecular weight is 290 g/mol. The molecule has 2 unspecified atom stereocenters. The van der Waals surface area contributed by atoms with Crippen molar-refractivity contribution in [3.05, 3.63) is 29.8 Å². The molecular weight excluding hydrogens is 272 g/mol. The van der Waals surface area contributed by atoms with Crippen LogP contribution in [0.4, 0.5) is 5.69 Å². The first-order valence-electron chi connectivity index (χ1n) is 6.89. The molecule has 0 bridgehead atoms. The molecule has 0 aromatic heterocycles. The van der Waals surface area contributed by atoms with Gasteiger partial charge in [-0.3, -0.25) is 14.4 Å². The fourth-order valence-electron chi connectivity index (χ4n) is 2.72. The Morgan fingerprint density at radius 2 is 1.81 bits per heavy atom. The first kappa shape index (κ1) is 15.0. The van der Waals surface area contributed by atoms with Crippen molar-refractivity contribution < 1.29 is 19.5 Å². The Hall–Kier alpha value is -2.37. The molecule has 1 aliphatic rings. The van der Waals surface area contributed by atoms with E-state index in [-0.39, 0.29) is 11.8 Å². The van der Waals surface area contributed by atoms with Gasteiger partial charge in [-0.1, -0.05) is 18.6 Å². The number of carbonyl (C=O) groups excluding carboxylic acids is 2. The summed E-state index contributed by atoms with van der Waals surface area (Å²) >= 11 is 0. The number of carboxylic acid groups (broad SMARTS) is 1. The summed E-state index contributed by atoms with van der Waals surface area (Å²) in [6.45, 7) is 0. The number of benzene rings is 1. The molecule has 3 N–H and O–H groups in total. The number of para-hydroxylation sites is 1. The second kappa shape index (κ2) is 6.39. The van der Waals surface area contributed by atoms with Crippen LogP contribution >= 0.6 is 0 Å². The maximum Gasteiger partial charge on any atom is 0.307 e. The van der Waals surface area contributed by atoms with E-state index in [1.165, 1.54) is 7.05 Å².